The maximum absolute atomic E-state index is 8.90. The molecule has 0 spiro atoms. The molecule has 2 unspecified atom stereocenters. The summed E-state index contributed by atoms with van der Waals surface area (Å²) >= 11 is 0. The lowest BCUT2D eigenvalue weighted by Crippen LogP contribution is -2.42. The van der Waals surface area contributed by atoms with E-state index < -0.39 is 0 Å². The molecule has 0 radical (unpaired) electrons. The van der Waals surface area contributed by atoms with E-state index in [4.69, 9.17) is 11.0 Å². The van der Waals surface area contributed by atoms with E-state index in [1.165, 1.54) is 12.0 Å². The molecular formula is C15H21N3. The average molecular weight is 243 g/mol. The third-order valence-electron chi connectivity index (χ3n) is 3.96. The Morgan fingerprint density at radius 2 is 2.33 bits per heavy atom. The summed E-state index contributed by atoms with van der Waals surface area (Å²) < 4.78 is 0. The number of nitriles is 1. The van der Waals surface area contributed by atoms with Gasteiger partial charge in [-0.25, -0.2) is 0 Å². The Kier molecular flexibility index (Phi) is 4.35. The summed E-state index contributed by atoms with van der Waals surface area (Å²) in [6.45, 7) is 6.21. The average Bonchev–Trinajstić information content (AvgIpc) is 2.41. The quantitative estimate of drug-likeness (QED) is 0.883. The van der Waals surface area contributed by atoms with Gasteiger partial charge in [0.2, 0.25) is 0 Å². The van der Waals surface area contributed by atoms with Crippen LogP contribution in [-0.2, 0) is 6.54 Å². The second-order valence-corrected chi connectivity index (χ2v) is 5.31. The third kappa shape index (κ3) is 3.10. The largest absolute Gasteiger partial charge is 0.330 e. The first-order chi connectivity index (χ1) is 8.72. The lowest BCUT2D eigenvalue weighted by atomic mass is 9.87. The predicted molar refractivity (Wildman–Crippen MR) is 72.8 cm³/mol. The van der Waals surface area contributed by atoms with Gasteiger partial charge in [0.1, 0.15) is 0 Å². The molecular weight excluding hydrogens is 222 g/mol. The summed E-state index contributed by atoms with van der Waals surface area (Å²) in [5.41, 5.74) is 7.79. The molecule has 0 aromatic heterocycles. The van der Waals surface area contributed by atoms with E-state index in [1.54, 1.807) is 0 Å². The van der Waals surface area contributed by atoms with Gasteiger partial charge in [-0.2, -0.15) is 5.26 Å². The van der Waals surface area contributed by atoms with Gasteiger partial charge in [0, 0.05) is 13.1 Å². The van der Waals surface area contributed by atoms with Gasteiger partial charge in [-0.05, 0) is 49.0 Å². The molecule has 1 fully saturated rings. The topological polar surface area (TPSA) is 53.0 Å². The monoisotopic (exact) mass is 243 g/mol. The first-order valence-corrected chi connectivity index (χ1v) is 6.64. The highest BCUT2D eigenvalue weighted by Gasteiger charge is 2.24. The fourth-order valence-corrected chi connectivity index (χ4v) is 2.67. The third-order valence-corrected chi connectivity index (χ3v) is 3.96. The second kappa shape index (κ2) is 5.99. The van der Waals surface area contributed by atoms with Gasteiger partial charge in [-0.15, -0.1) is 0 Å². The van der Waals surface area contributed by atoms with Gasteiger partial charge < -0.3 is 5.73 Å². The minimum Gasteiger partial charge on any atom is -0.330 e. The molecule has 2 rings (SSSR count). The fraction of sp³-hybridized carbons (Fsp3) is 0.533. The van der Waals surface area contributed by atoms with Crippen molar-refractivity contribution in [2.45, 2.75) is 19.9 Å². The lowest BCUT2D eigenvalue weighted by molar-refractivity contribution is 0.126. The van der Waals surface area contributed by atoms with Crippen LogP contribution in [0.15, 0.2) is 24.3 Å². The highest BCUT2D eigenvalue weighted by atomic mass is 15.1. The number of piperidine rings is 1. The molecule has 2 N–H and O–H groups in total. The standard InChI is InChI=1S/C15H21N3/c1-12-5-6-18(11-15(12)9-17)10-14-4-2-3-13(7-14)8-16/h2-4,7,12,15H,5-6,9-11,17H2,1H3. The van der Waals surface area contributed by atoms with E-state index in [9.17, 15) is 0 Å². The van der Waals surface area contributed by atoms with Gasteiger partial charge in [0.15, 0.2) is 0 Å². The molecule has 1 saturated heterocycles. The fourth-order valence-electron chi connectivity index (χ4n) is 2.67. The summed E-state index contributed by atoms with van der Waals surface area (Å²) in [6, 6.07) is 10.1. The van der Waals surface area contributed by atoms with Crippen LogP contribution < -0.4 is 5.73 Å². The Balaban J connectivity index is 1.99. The van der Waals surface area contributed by atoms with Crippen molar-refractivity contribution in [3.63, 3.8) is 0 Å². The van der Waals surface area contributed by atoms with E-state index in [1.807, 2.05) is 18.2 Å². The maximum atomic E-state index is 8.90. The number of nitrogens with zero attached hydrogens (tertiary/aromatic N) is 2. The van der Waals surface area contributed by atoms with Crippen LogP contribution in [0.4, 0.5) is 0 Å². The molecule has 18 heavy (non-hydrogen) atoms. The number of hydrogen-bond acceptors (Lipinski definition) is 3. The van der Waals surface area contributed by atoms with Gasteiger partial charge in [-0.3, -0.25) is 4.90 Å². The van der Waals surface area contributed by atoms with Crippen molar-refractivity contribution in [3.05, 3.63) is 35.4 Å². The molecule has 3 nitrogen and oxygen atoms in total. The first-order valence-electron chi connectivity index (χ1n) is 6.64. The summed E-state index contributed by atoms with van der Waals surface area (Å²) in [6.07, 6.45) is 1.22. The van der Waals surface area contributed by atoms with Crippen LogP contribution in [0.1, 0.15) is 24.5 Å². The Morgan fingerprint density at radius 3 is 3.06 bits per heavy atom. The summed E-state index contributed by atoms with van der Waals surface area (Å²) in [7, 11) is 0. The lowest BCUT2D eigenvalue weighted by Gasteiger charge is -2.36. The van der Waals surface area contributed by atoms with Crippen molar-refractivity contribution in [1.82, 2.24) is 4.90 Å². The van der Waals surface area contributed by atoms with Crippen molar-refractivity contribution in [3.8, 4) is 6.07 Å². The minimum absolute atomic E-state index is 0.609. The Bertz CT molecular complexity index is 436. The number of nitrogens with two attached hydrogens (primary N) is 1. The molecule has 0 amide bonds. The van der Waals surface area contributed by atoms with Crippen molar-refractivity contribution in [2.75, 3.05) is 19.6 Å². The molecule has 0 aliphatic carbocycles. The van der Waals surface area contributed by atoms with Gasteiger partial charge in [0.25, 0.3) is 0 Å². The normalized spacial score (nSPS) is 24.7. The zero-order chi connectivity index (χ0) is 13.0. The first kappa shape index (κ1) is 13.1. The van der Waals surface area contributed by atoms with Crippen LogP contribution in [0.5, 0.6) is 0 Å². The number of likely N-dealkylation sites (tertiary alicyclic amines) is 1. The molecule has 0 bridgehead atoms. The predicted octanol–water partition coefficient (Wildman–Crippen LogP) is 1.97. The zero-order valence-electron chi connectivity index (χ0n) is 11.0. The van der Waals surface area contributed by atoms with Gasteiger partial charge in [-0.1, -0.05) is 19.1 Å². The van der Waals surface area contributed by atoms with Crippen molar-refractivity contribution < 1.29 is 0 Å². The van der Waals surface area contributed by atoms with Crippen molar-refractivity contribution >= 4 is 0 Å². The van der Waals surface area contributed by atoms with Crippen LogP contribution in [0.25, 0.3) is 0 Å². The SMILES string of the molecule is CC1CCN(Cc2cccc(C#N)c2)CC1CN. The molecule has 2 atom stereocenters. The molecule has 1 aromatic rings. The van der Waals surface area contributed by atoms with E-state index in [0.29, 0.717) is 5.92 Å². The van der Waals surface area contributed by atoms with E-state index in [-0.39, 0.29) is 0 Å². The molecule has 3 heteroatoms. The zero-order valence-corrected chi connectivity index (χ0v) is 11.0. The molecule has 1 aliphatic rings. The Hall–Kier alpha value is -1.37. The summed E-state index contributed by atoms with van der Waals surface area (Å²) in [4.78, 5) is 2.45. The van der Waals surface area contributed by atoms with Gasteiger partial charge >= 0.3 is 0 Å². The van der Waals surface area contributed by atoms with Gasteiger partial charge in [0.05, 0.1) is 11.6 Å². The number of hydrogen-bond donors (Lipinski definition) is 1. The second-order valence-electron chi connectivity index (χ2n) is 5.31. The smallest absolute Gasteiger partial charge is 0.0991 e. The summed E-state index contributed by atoms with van der Waals surface area (Å²) in [5.74, 6) is 1.34. The molecule has 1 aliphatic heterocycles. The van der Waals surface area contributed by atoms with Crippen LogP contribution in [0.2, 0.25) is 0 Å². The highest BCUT2D eigenvalue weighted by Crippen LogP contribution is 2.23. The summed E-state index contributed by atoms with van der Waals surface area (Å²) in [5, 5.41) is 8.90. The Labute approximate surface area is 109 Å². The molecule has 96 valence electrons. The molecule has 1 aromatic carbocycles. The minimum atomic E-state index is 0.609. The van der Waals surface area contributed by atoms with E-state index in [0.717, 1.165) is 37.7 Å². The van der Waals surface area contributed by atoms with Crippen LogP contribution in [-0.4, -0.2) is 24.5 Å². The van der Waals surface area contributed by atoms with E-state index >= 15 is 0 Å². The van der Waals surface area contributed by atoms with Crippen LogP contribution >= 0.6 is 0 Å². The maximum Gasteiger partial charge on any atom is 0.0991 e. The molecule has 1 heterocycles. The van der Waals surface area contributed by atoms with Crippen molar-refractivity contribution in [2.24, 2.45) is 17.6 Å². The van der Waals surface area contributed by atoms with Crippen LogP contribution in [0, 0.1) is 23.2 Å². The van der Waals surface area contributed by atoms with Crippen LogP contribution in [0.3, 0.4) is 0 Å². The highest BCUT2D eigenvalue weighted by molar-refractivity contribution is 5.32. The van der Waals surface area contributed by atoms with E-state index in [2.05, 4.69) is 24.0 Å². The molecule has 0 saturated carbocycles. The van der Waals surface area contributed by atoms with Crippen molar-refractivity contribution in [1.29, 1.82) is 5.26 Å². The Morgan fingerprint density at radius 1 is 1.50 bits per heavy atom. The number of rotatable bonds is 3. The number of benzene rings is 1.